The third kappa shape index (κ3) is 4.43. The monoisotopic (exact) mass is 496 g/mol. The minimum Gasteiger partial charge on any atom is -0.507 e. The zero-order chi connectivity index (χ0) is 26.1. The number of imidazole rings is 1. The summed E-state index contributed by atoms with van der Waals surface area (Å²) < 4.78 is 2.02. The van der Waals surface area contributed by atoms with Crippen LogP contribution in [0.1, 0.15) is 19.4 Å². The molecule has 0 saturated carbocycles. The van der Waals surface area contributed by atoms with Crippen LogP contribution >= 0.6 is 0 Å². The third-order valence-corrected chi connectivity index (χ3v) is 6.61. The van der Waals surface area contributed by atoms with Crippen LogP contribution in [0.2, 0.25) is 0 Å². The molecule has 0 saturated heterocycles. The van der Waals surface area contributed by atoms with Gasteiger partial charge in [0.1, 0.15) is 11.3 Å². The molecule has 6 rings (SSSR count). The first kappa shape index (κ1) is 23.6. The van der Waals surface area contributed by atoms with E-state index in [0.29, 0.717) is 17.3 Å². The van der Waals surface area contributed by atoms with E-state index >= 15 is 0 Å². The molecule has 0 amide bonds. The normalized spacial score (nSPS) is 11.3. The van der Waals surface area contributed by atoms with Crippen molar-refractivity contribution in [2.75, 3.05) is 0 Å². The number of rotatable bonds is 6. The van der Waals surface area contributed by atoms with E-state index in [1.807, 2.05) is 89.8 Å². The number of pyridine rings is 2. The highest BCUT2D eigenvalue weighted by molar-refractivity contribution is 5.94. The Kier molecular flexibility index (Phi) is 6.18. The fraction of sp³-hybridized carbons (Fsp3) is 0.121. The van der Waals surface area contributed by atoms with Gasteiger partial charge in [0.2, 0.25) is 0 Å². The first-order chi connectivity index (χ1) is 18.6. The van der Waals surface area contributed by atoms with Crippen molar-refractivity contribution in [1.29, 1.82) is 0 Å². The molecule has 0 fully saturated rings. The fourth-order valence-electron chi connectivity index (χ4n) is 4.99. The van der Waals surface area contributed by atoms with E-state index in [2.05, 4.69) is 37.0 Å². The summed E-state index contributed by atoms with van der Waals surface area (Å²) in [6.45, 7) is 4.47. The van der Waals surface area contributed by atoms with Crippen molar-refractivity contribution in [2.24, 2.45) is 5.92 Å². The van der Waals surface area contributed by atoms with Crippen molar-refractivity contribution in [2.45, 2.75) is 20.3 Å². The number of hydrogen-bond acceptors (Lipinski definition) is 4. The predicted octanol–water partition coefficient (Wildman–Crippen LogP) is 7.72. The average Bonchev–Trinajstić information content (AvgIpc) is 3.33. The van der Waals surface area contributed by atoms with Gasteiger partial charge in [0.05, 0.1) is 11.3 Å². The molecule has 3 aromatic heterocycles. The highest BCUT2D eigenvalue weighted by Gasteiger charge is 2.21. The van der Waals surface area contributed by atoms with Crippen molar-refractivity contribution in [3.8, 4) is 45.2 Å². The van der Waals surface area contributed by atoms with E-state index in [4.69, 9.17) is 9.97 Å². The summed E-state index contributed by atoms with van der Waals surface area (Å²) in [6.07, 6.45) is 4.63. The van der Waals surface area contributed by atoms with Gasteiger partial charge in [-0.2, -0.15) is 0 Å². The van der Waals surface area contributed by atoms with Gasteiger partial charge in [-0.3, -0.25) is 9.55 Å². The number of nitrogens with zero attached hydrogens (tertiary/aromatic N) is 4. The van der Waals surface area contributed by atoms with Gasteiger partial charge in [-0.1, -0.05) is 56.3 Å². The molecule has 0 aliphatic rings. The van der Waals surface area contributed by atoms with E-state index in [1.54, 1.807) is 6.07 Å². The van der Waals surface area contributed by atoms with Gasteiger partial charge in [-0.15, -0.1) is 0 Å². The van der Waals surface area contributed by atoms with Crippen LogP contribution in [0.5, 0.6) is 5.75 Å². The lowest BCUT2D eigenvalue weighted by molar-refractivity contribution is 0.477. The highest BCUT2D eigenvalue weighted by Crippen LogP contribution is 2.37. The molecule has 0 aliphatic carbocycles. The standard InChI is InChI=1S/C33H28N4O/c1-22(2)18-23-19-24(21-25(20-23)29-13-8-9-16-34-29)27-15-17-35-33-31(27)36-32(28-12-6-7-14-30(28)38)37(33)26-10-4-3-5-11-26/h3-17,19-22,38H,18H2,1-2H3. The third-order valence-electron chi connectivity index (χ3n) is 6.61. The molecule has 38 heavy (non-hydrogen) atoms. The van der Waals surface area contributed by atoms with Gasteiger partial charge in [0.15, 0.2) is 11.5 Å². The van der Waals surface area contributed by atoms with Crippen LogP contribution in [-0.4, -0.2) is 24.6 Å². The highest BCUT2D eigenvalue weighted by atomic mass is 16.3. The molecule has 0 spiro atoms. The van der Waals surface area contributed by atoms with Crippen LogP contribution < -0.4 is 0 Å². The Morgan fingerprint density at radius 2 is 1.50 bits per heavy atom. The SMILES string of the molecule is CC(C)Cc1cc(-c2ccccn2)cc(-c2ccnc3c2nc(-c2ccccc2O)n3-c2ccccc2)c1. The quantitative estimate of drug-likeness (QED) is 0.256. The molecular weight excluding hydrogens is 468 g/mol. The first-order valence-corrected chi connectivity index (χ1v) is 12.9. The molecule has 3 heterocycles. The number of para-hydroxylation sites is 2. The second kappa shape index (κ2) is 9.94. The van der Waals surface area contributed by atoms with E-state index in [1.165, 1.54) is 5.56 Å². The predicted molar refractivity (Wildman–Crippen MR) is 153 cm³/mol. The Morgan fingerprint density at radius 1 is 0.737 bits per heavy atom. The molecule has 0 atom stereocenters. The van der Waals surface area contributed by atoms with Gasteiger partial charge in [-0.05, 0) is 78.1 Å². The topological polar surface area (TPSA) is 63.8 Å². The number of fused-ring (bicyclic) bond motifs is 1. The minimum atomic E-state index is 0.179. The summed E-state index contributed by atoms with van der Waals surface area (Å²) in [4.78, 5) is 14.5. The Morgan fingerprint density at radius 3 is 2.26 bits per heavy atom. The number of phenols is 1. The summed E-state index contributed by atoms with van der Waals surface area (Å²) in [6, 6.07) is 32.0. The van der Waals surface area contributed by atoms with Gasteiger partial charge < -0.3 is 5.11 Å². The molecule has 0 radical (unpaired) electrons. The van der Waals surface area contributed by atoms with Crippen LogP contribution in [0.25, 0.3) is 50.6 Å². The molecule has 3 aromatic carbocycles. The molecule has 6 aromatic rings. The van der Waals surface area contributed by atoms with Crippen LogP contribution in [0, 0.1) is 5.92 Å². The van der Waals surface area contributed by atoms with Crippen LogP contribution in [0.3, 0.4) is 0 Å². The van der Waals surface area contributed by atoms with Gasteiger partial charge >= 0.3 is 0 Å². The van der Waals surface area contributed by atoms with Crippen LogP contribution in [0.15, 0.2) is 109 Å². The lowest BCUT2D eigenvalue weighted by atomic mass is 9.94. The summed E-state index contributed by atoms with van der Waals surface area (Å²) in [7, 11) is 0. The zero-order valence-electron chi connectivity index (χ0n) is 21.4. The molecule has 1 N–H and O–H groups in total. The minimum absolute atomic E-state index is 0.179. The Balaban J connectivity index is 1.63. The summed E-state index contributed by atoms with van der Waals surface area (Å²) >= 11 is 0. The maximum Gasteiger partial charge on any atom is 0.165 e. The maximum atomic E-state index is 10.7. The first-order valence-electron chi connectivity index (χ1n) is 12.9. The average molecular weight is 497 g/mol. The Labute approximate surface area is 222 Å². The number of hydrogen-bond donors (Lipinski definition) is 1. The molecular formula is C33H28N4O. The Hall–Kier alpha value is -4.77. The van der Waals surface area contributed by atoms with Gasteiger partial charge in [0, 0.05) is 29.2 Å². The van der Waals surface area contributed by atoms with Gasteiger partial charge in [0.25, 0.3) is 0 Å². The van der Waals surface area contributed by atoms with E-state index < -0.39 is 0 Å². The lowest BCUT2D eigenvalue weighted by Crippen LogP contribution is -1.99. The van der Waals surface area contributed by atoms with E-state index in [9.17, 15) is 5.11 Å². The summed E-state index contributed by atoms with van der Waals surface area (Å²) in [5.41, 5.74) is 8.43. The second-order valence-electron chi connectivity index (χ2n) is 9.89. The number of aromatic hydroxyl groups is 1. The second-order valence-corrected chi connectivity index (χ2v) is 9.89. The number of aromatic nitrogens is 4. The van der Waals surface area contributed by atoms with Crippen LogP contribution in [-0.2, 0) is 6.42 Å². The maximum absolute atomic E-state index is 10.7. The van der Waals surface area contributed by atoms with E-state index in [-0.39, 0.29) is 5.75 Å². The van der Waals surface area contributed by atoms with Crippen molar-refractivity contribution in [3.63, 3.8) is 0 Å². The molecule has 5 heteroatoms. The van der Waals surface area contributed by atoms with Crippen molar-refractivity contribution in [1.82, 2.24) is 19.5 Å². The fourth-order valence-corrected chi connectivity index (χ4v) is 4.99. The largest absolute Gasteiger partial charge is 0.507 e. The zero-order valence-corrected chi connectivity index (χ0v) is 21.4. The number of benzene rings is 3. The molecule has 0 unspecified atom stereocenters. The van der Waals surface area contributed by atoms with Crippen molar-refractivity contribution >= 4 is 11.2 Å². The molecule has 0 bridgehead atoms. The van der Waals surface area contributed by atoms with Crippen molar-refractivity contribution < 1.29 is 5.11 Å². The van der Waals surface area contributed by atoms with Crippen LogP contribution in [0.4, 0.5) is 0 Å². The molecule has 186 valence electrons. The summed E-state index contributed by atoms with van der Waals surface area (Å²) in [5.74, 6) is 1.34. The number of phenolic OH excluding ortho intramolecular Hbond substituents is 1. The van der Waals surface area contributed by atoms with Crippen molar-refractivity contribution in [3.05, 3.63) is 115 Å². The lowest BCUT2D eigenvalue weighted by Gasteiger charge is -2.12. The van der Waals surface area contributed by atoms with E-state index in [0.717, 1.165) is 45.7 Å². The van der Waals surface area contributed by atoms with Gasteiger partial charge in [-0.25, -0.2) is 9.97 Å². The smallest absolute Gasteiger partial charge is 0.165 e. The molecule has 0 aliphatic heterocycles. The summed E-state index contributed by atoms with van der Waals surface area (Å²) in [5, 5.41) is 10.7. The molecule has 5 nitrogen and oxygen atoms in total. The Bertz CT molecular complexity index is 1720.